The van der Waals surface area contributed by atoms with Crippen LogP contribution in [0.5, 0.6) is 0 Å². The summed E-state index contributed by atoms with van der Waals surface area (Å²) in [5.74, 6) is -0.249. The smallest absolute Gasteiger partial charge is 0.258 e. The van der Waals surface area contributed by atoms with Gasteiger partial charge < -0.3 is 4.90 Å². The number of hydrogen-bond acceptors (Lipinski definition) is 3. The Morgan fingerprint density at radius 2 is 1.89 bits per heavy atom. The maximum Gasteiger partial charge on any atom is 0.258 e. The van der Waals surface area contributed by atoms with Crippen molar-refractivity contribution in [2.75, 3.05) is 11.4 Å². The van der Waals surface area contributed by atoms with Crippen LogP contribution >= 0.6 is 0 Å². The van der Waals surface area contributed by atoms with Gasteiger partial charge in [-0.1, -0.05) is 31.0 Å². The van der Waals surface area contributed by atoms with Gasteiger partial charge in [-0.15, -0.1) is 0 Å². The molecule has 0 bridgehead atoms. The van der Waals surface area contributed by atoms with Crippen LogP contribution in [0.3, 0.4) is 0 Å². The highest BCUT2D eigenvalue weighted by Gasteiger charge is 2.48. The van der Waals surface area contributed by atoms with Gasteiger partial charge in [0.05, 0.1) is 12.2 Å². The first kappa shape index (κ1) is 17.1. The zero-order valence-electron chi connectivity index (χ0n) is 15.5. The van der Waals surface area contributed by atoms with E-state index < -0.39 is 0 Å². The highest BCUT2D eigenvalue weighted by Crippen LogP contribution is 2.51. The molecule has 6 heteroatoms. The average Bonchev–Trinajstić information content (AvgIpc) is 3.45. The molecule has 1 aromatic heterocycles. The van der Waals surface area contributed by atoms with E-state index in [0.29, 0.717) is 18.7 Å². The van der Waals surface area contributed by atoms with Crippen LogP contribution in [0.1, 0.15) is 47.2 Å². The summed E-state index contributed by atoms with van der Waals surface area (Å²) in [5, 5.41) is 4.10. The Bertz CT molecular complexity index is 1010. The topological polar surface area (TPSA) is 51.0 Å². The Balaban J connectivity index is 1.44. The predicted molar refractivity (Wildman–Crippen MR) is 104 cm³/mol. The van der Waals surface area contributed by atoms with Gasteiger partial charge in [0.15, 0.2) is 0 Å². The molecule has 3 aromatic rings. The highest BCUT2D eigenvalue weighted by molar-refractivity contribution is 6.07. The molecule has 0 radical (unpaired) electrons. The molecule has 0 atom stereocenters. The summed E-state index contributed by atoms with van der Waals surface area (Å²) in [6, 6.07) is 12.6. The number of anilines is 1. The Morgan fingerprint density at radius 1 is 1.11 bits per heavy atom. The van der Waals surface area contributed by atoms with Crippen LogP contribution in [0.4, 0.5) is 10.1 Å². The number of fused-ring (bicyclic) bond motifs is 2. The predicted octanol–water partition coefficient (Wildman–Crippen LogP) is 3.94. The number of aromatic nitrogens is 3. The minimum Gasteiger partial charge on any atom is -0.307 e. The SMILES string of the molecule is O=C(c1ccc(Cn2cncn2)cc1)N1CC2(CCCC2)c2c(F)cccc21. The second-order valence-electron chi connectivity index (χ2n) is 7.80. The number of carbonyl (C=O) groups is 1. The molecule has 1 saturated carbocycles. The van der Waals surface area contributed by atoms with Crippen LogP contribution in [0.25, 0.3) is 0 Å². The van der Waals surface area contributed by atoms with Crippen molar-refractivity contribution in [2.45, 2.75) is 37.6 Å². The van der Waals surface area contributed by atoms with Crippen molar-refractivity contribution in [2.24, 2.45) is 0 Å². The van der Waals surface area contributed by atoms with Gasteiger partial charge >= 0.3 is 0 Å². The highest BCUT2D eigenvalue weighted by atomic mass is 19.1. The lowest BCUT2D eigenvalue weighted by Crippen LogP contribution is -2.35. The second-order valence-corrected chi connectivity index (χ2v) is 7.80. The molecule has 1 amide bonds. The summed E-state index contributed by atoms with van der Waals surface area (Å²) in [7, 11) is 0. The van der Waals surface area contributed by atoms with Crippen LogP contribution in [0.2, 0.25) is 0 Å². The average molecular weight is 376 g/mol. The molecule has 0 saturated heterocycles. The third-order valence-electron chi connectivity index (χ3n) is 6.09. The number of halogens is 1. The summed E-state index contributed by atoms with van der Waals surface area (Å²) < 4.78 is 16.4. The van der Waals surface area contributed by atoms with E-state index in [-0.39, 0.29) is 17.1 Å². The molecular weight excluding hydrogens is 355 g/mol. The van der Waals surface area contributed by atoms with Gasteiger partial charge in [0, 0.05) is 23.1 Å². The number of nitrogens with zero attached hydrogens (tertiary/aromatic N) is 4. The van der Waals surface area contributed by atoms with Crippen LogP contribution in [0, 0.1) is 5.82 Å². The fourth-order valence-corrected chi connectivity index (χ4v) is 4.78. The van der Waals surface area contributed by atoms with E-state index in [1.54, 1.807) is 22.0 Å². The van der Waals surface area contributed by atoms with E-state index in [1.165, 1.54) is 12.4 Å². The molecule has 28 heavy (non-hydrogen) atoms. The van der Waals surface area contributed by atoms with E-state index in [0.717, 1.165) is 42.5 Å². The van der Waals surface area contributed by atoms with Gasteiger partial charge in [0.25, 0.3) is 5.91 Å². The fourth-order valence-electron chi connectivity index (χ4n) is 4.78. The van der Waals surface area contributed by atoms with Crippen molar-refractivity contribution in [1.82, 2.24) is 14.8 Å². The standard InChI is InChI=1S/C22H21FN4O/c23-18-4-3-5-19-20(18)22(10-1-2-11-22)13-27(19)21(28)17-8-6-16(7-9-17)12-26-15-24-14-25-26/h3-9,14-15H,1-2,10-13H2. The lowest BCUT2D eigenvalue weighted by Gasteiger charge is -2.25. The molecule has 5 nitrogen and oxygen atoms in total. The van der Waals surface area contributed by atoms with Crippen molar-refractivity contribution in [3.8, 4) is 0 Å². The lowest BCUT2D eigenvalue weighted by atomic mass is 9.80. The Hall–Kier alpha value is -3.02. The molecule has 0 N–H and O–H groups in total. The molecular formula is C22H21FN4O. The third kappa shape index (κ3) is 2.71. The fraction of sp³-hybridized carbons (Fsp3) is 0.318. The molecule has 142 valence electrons. The second kappa shape index (κ2) is 6.55. The summed E-state index contributed by atoms with van der Waals surface area (Å²) in [6.07, 6.45) is 7.24. The molecule has 1 aliphatic heterocycles. The third-order valence-corrected chi connectivity index (χ3v) is 6.09. The van der Waals surface area contributed by atoms with Crippen molar-refractivity contribution in [1.29, 1.82) is 0 Å². The van der Waals surface area contributed by atoms with Crippen LogP contribution in [-0.2, 0) is 12.0 Å². The molecule has 1 fully saturated rings. The Kier molecular flexibility index (Phi) is 4.00. The van der Waals surface area contributed by atoms with Crippen molar-refractivity contribution in [3.05, 3.63) is 77.6 Å². The number of hydrogen-bond donors (Lipinski definition) is 0. The van der Waals surface area contributed by atoms with Crippen LogP contribution < -0.4 is 4.90 Å². The largest absolute Gasteiger partial charge is 0.307 e. The zero-order chi connectivity index (χ0) is 19.1. The first-order valence-corrected chi connectivity index (χ1v) is 9.69. The molecule has 2 aromatic carbocycles. The number of rotatable bonds is 3. The van der Waals surface area contributed by atoms with Crippen LogP contribution in [-0.4, -0.2) is 27.2 Å². The Labute approximate surface area is 162 Å². The lowest BCUT2D eigenvalue weighted by molar-refractivity contribution is 0.0985. The first-order valence-electron chi connectivity index (χ1n) is 9.69. The van der Waals surface area contributed by atoms with Crippen molar-refractivity contribution >= 4 is 11.6 Å². The zero-order valence-corrected chi connectivity index (χ0v) is 15.5. The number of benzene rings is 2. The van der Waals surface area contributed by atoms with Crippen molar-refractivity contribution in [3.63, 3.8) is 0 Å². The summed E-state index contributed by atoms with van der Waals surface area (Å²) in [6.45, 7) is 1.18. The molecule has 5 rings (SSSR count). The van der Waals surface area contributed by atoms with Gasteiger partial charge in [-0.3, -0.25) is 4.79 Å². The van der Waals surface area contributed by atoms with Crippen LogP contribution in [0.15, 0.2) is 55.1 Å². The summed E-state index contributed by atoms with van der Waals surface area (Å²) in [4.78, 5) is 19.0. The number of carbonyl (C=O) groups excluding carboxylic acids is 1. The Morgan fingerprint density at radius 3 is 2.61 bits per heavy atom. The van der Waals surface area contributed by atoms with E-state index in [9.17, 15) is 9.18 Å². The molecule has 0 unspecified atom stereocenters. The minimum atomic E-state index is -0.219. The van der Waals surface area contributed by atoms with Crippen molar-refractivity contribution < 1.29 is 9.18 Å². The van der Waals surface area contributed by atoms with E-state index in [4.69, 9.17) is 0 Å². The normalized spacial score (nSPS) is 17.2. The minimum absolute atomic E-state index is 0.0667. The molecule has 2 aliphatic rings. The number of amides is 1. The van der Waals surface area contributed by atoms with E-state index in [2.05, 4.69) is 10.1 Å². The molecule has 2 heterocycles. The van der Waals surface area contributed by atoms with Gasteiger partial charge in [0.1, 0.15) is 18.5 Å². The van der Waals surface area contributed by atoms with Gasteiger partial charge in [-0.2, -0.15) is 5.10 Å². The first-order chi connectivity index (χ1) is 13.7. The maximum absolute atomic E-state index is 14.7. The summed E-state index contributed by atoms with van der Waals surface area (Å²) in [5.41, 5.74) is 2.92. The van der Waals surface area contributed by atoms with E-state index in [1.807, 2.05) is 30.3 Å². The van der Waals surface area contributed by atoms with Gasteiger partial charge in [-0.05, 0) is 42.7 Å². The summed E-state index contributed by atoms with van der Waals surface area (Å²) >= 11 is 0. The molecule has 1 aliphatic carbocycles. The monoisotopic (exact) mass is 376 g/mol. The van der Waals surface area contributed by atoms with Gasteiger partial charge in [0.2, 0.25) is 0 Å². The molecule has 1 spiro atoms. The maximum atomic E-state index is 14.7. The van der Waals surface area contributed by atoms with Gasteiger partial charge in [-0.25, -0.2) is 14.1 Å². The quantitative estimate of drug-likeness (QED) is 0.696. The van der Waals surface area contributed by atoms with E-state index >= 15 is 0 Å².